The van der Waals surface area contributed by atoms with Gasteiger partial charge in [0.25, 0.3) is 5.69 Å². The Morgan fingerprint density at radius 3 is 2.62 bits per heavy atom. The molecule has 0 N–H and O–H groups in total. The second-order valence-corrected chi connectivity index (χ2v) is 2.98. The molecule has 0 aliphatic rings. The molecule has 0 saturated heterocycles. The van der Waals surface area contributed by atoms with Crippen molar-refractivity contribution >= 4 is 5.69 Å². The summed E-state index contributed by atoms with van der Waals surface area (Å²) in [4.78, 5) is 10.1. The van der Waals surface area contributed by atoms with Crippen LogP contribution in [0, 0.1) is 10.1 Å². The molecule has 0 radical (unpaired) electrons. The minimum absolute atomic E-state index is 0.0197. The minimum Gasteiger partial charge on any atom is -0.494 e. The van der Waals surface area contributed by atoms with E-state index in [1.54, 1.807) is 10.6 Å². The fraction of sp³-hybridized carbons (Fsp3) is 0.111. The van der Waals surface area contributed by atoms with Crippen molar-refractivity contribution < 1.29 is 9.66 Å². The lowest BCUT2D eigenvalue weighted by atomic mass is 10.2. The third-order valence-electron chi connectivity index (χ3n) is 2.07. The summed E-state index contributed by atoms with van der Waals surface area (Å²) in [6.07, 6.45) is 2.98. The normalized spacial score (nSPS) is 10.1. The number of nitro benzene ring substituents is 1. The summed E-state index contributed by atoms with van der Waals surface area (Å²) in [5, 5.41) is 17.9. The van der Waals surface area contributed by atoms with Gasteiger partial charge in [0.05, 0.1) is 23.8 Å². The third-order valence-corrected chi connectivity index (χ3v) is 2.07. The van der Waals surface area contributed by atoms with Crippen molar-refractivity contribution in [2.75, 3.05) is 7.11 Å². The van der Waals surface area contributed by atoms with E-state index in [0.29, 0.717) is 11.4 Å². The molecule has 0 spiro atoms. The SMILES string of the molecule is COc1cc([N+](=O)[O-])ccc1-n1cnnc1. The van der Waals surface area contributed by atoms with Crippen LogP contribution in [0.1, 0.15) is 0 Å². The molecule has 7 heteroatoms. The van der Waals surface area contributed by atoms with Crippen molar-refractivity contribution in [1.82, 2.24) is 14.8 Å². The average Bonchev–Trinajstić information content (AvgIpc) is 2.81. The van der Waals surface area contributed by atoms with Crippen molar-refractivity contribution in [2.24, 2.45) is 0 Å². The van der Waals surface area contributed by atoms with Gasteiger partial charge < -0.3 is 4.74 Å². The lowest BCUT2D eigenvalue weighted by Gasteiger charge is -2.07. The van der Waals surface area contributed by atoms with Gasteiger partial charge >= 0.3 is 0 Å². The summed E-state index contributed by atoms with van der Waals surface area (Å²) in [6.45, 7) is 0. The highest BCUT2D eigenvalue weighted by Crippen LogP contribution is 2.27. The summed E-state index contributed by atoms with van der Waals surface area (Å²) in [5.41, 5.74) is 0.631. The molecule has 1 aromatic carbocycles. The first kappa shape index (κ1) is 10.1. The van der Waals surface area contributed by atoms with Crippen LogP contribution in [0.3, 0.4) is 0 Å². The zero-order valence-electron chi connectivity index (χ0n) is 8.40. The zero-order valence-corrected chi connectivity index (χ0v) is 8.40. The predicted molar refractivity (Wildman–Crippen MR) is 54.6 cm³/mol. The monoisotopic (exact) mass is 220 g/mol. The van der Waals surface area contributed by atoms with E-state index in [-0.39, 0.29) is 5.69 Å². The maximum Gasteiger partial charge on any atom is 0.273 e. The van der Waals surface area contributed by atoms with E-state index in [0.717, 1.165) is 0 Å². The Balaban J connectivity index is 2.51. The standard InChI is InChI=1S/C9H8N4O3/c1-16-9-4-7(13(14)15)2-3-8(9)12-5-10-11-6-12/h2-6H,1H3. The second-order valence-electron chi connectivity index (χ2n) is 2.98. The van der Waals surface area contributed by atoms with E-state index in [4.69, 9.17) is 4.74 Å². The molecule has 0 fully saturated rings. The minimum atomic E-state index is -0.474. The van der Waals surface area contributed by atoms with Crippen molar-refractivity contribution in [1.29, 1.82) is 0 Å². The van der Waals surface area contributed by atoms with Gasteiger partial charge in [-0.3, -0.25) is 14.7 Å². The largest absolute Gasteiger partial charge is 0.494 e. The summed E-state index contributed by atoms with van der Waals surface area (Å²) in [5.74, 6) is 0.397. The van der Waals surface area contributed by atoms with Crippen LogP contribution >= 0.6 is 0 Å². The van der Waals surface area contributed by atoms with Crippen molar-refractivity contribution in [3.63, 3.8) is 0 Å². The van der Waals surface area contributed by atoms with E-state index in [1.807, 2.05) is 0 Å². The molecule has 7 nitrogen and oxygen atoms in total. The molecular formula is C9H8N4O3. The summed E-state index contributed by atoms with van der Waals surface area (Å²) >= 11 is 0. The Morgan fingerprint density at radius 1 is 1.38 bits per heavy atom. The van der Waals surface area contributed by atoms with Crippen LogP contribution in [0.15, 0.2) is 30.9 Å². The molecule has 0 amide bonds. The van der Waals surface area contributed by atoms with Gasteiger partial charge in [-0.25, -0.2) is 0 Å². The van der Waals surface area contributed by atoms with E-state index in [2.05, 4.69) is 10.2 Å². The van der Waals surface area contributed by atoms with Crippen molar-refractivity contribution in [3.8, 4) is 11.4 Å². The number of rotatable bonds is 3. The lowest BCUT2D eigenvalue weighted by molar-refractivity contribution is -0.384. The Hall–Kier alpha value is -2.44. The molecular weight excluding hydrogens is 212 g/mol. The van der Waals surface area contributed by atoms with Crippen LogP contribution in [0.2, 0.25) is 0 Å². The van der Waals surface area contributed by atoms with Gasteiger partial charge in [0.2, 0.25) is 0 Å². The highest BCUT2D eigenvalue weighted by atomic mass is 16.6. The number of ether oxygens (including phenoxy) is 1. The maximum absolute atomic E-state index is 10.6. The number of hydrogen-bond acceptors (Lipinski definition) is 5. The number of hydrogen-bond donors (Lipinski definition) is 0. The first-order valence-electron chi connectivity index (χ1n) is 4.40. The van der Waals surface area contributed by atoms with Crippen LogP contribution in [0.4, 0.5) is 5.69 Å². The highest BCUT2D eigenvalue weighted by Gasteiger charge is 2.12. The molecule has 82 valence electrons. The van der Waals surface area contributed by atoms with Gasteiger partial charge in [-0.15, -0.1) is 10.2 Å². The van der Waals surface area contributed by atoms with Gasteiger partial charge in [-0.05, 0) is 6.07 Å². The number of methoxy groups -OCH3 is 1. The molecule has 0 unspecified atom stereocenters. The Morgan fingerprint density at radius 2 is 2.06 bits per heavy atom. The first-order valence-corrected chi connectivity index (χ1v) is 4.40. The van der Waals surface area contributed by atoms with Crippen LogP contribution < -0.4 is 4.74 Å². The number of nitro groups is 1. The molecule has 0 aliphatic carbocycles. The Labute approximate surface area is 90.4 Å². The molecule has 1 aromatic heterocycles. The smallest absolute Gasteiger partial charge is 0.273 e. The van der Waals surface area contributed by atoms with Gasteiger partial charge in [0.1, 0.15) is 18.4 Å². The summed E-state index contributed by atoms with van der Waals surface area (Å²) < 4.78 is 6.69. The third kappa shape index (κ3) is 1.70. The molecule has 16 heavy (non-hydrogen) atoms. The first-order chi connectivity index (χ1) is 7.72. The van der Waals surface area contributed by atoms with Crippen molar-refractivity contribution in [2.45, 2.75) is 0 Å². The summed E-state index contributed by atoms with van der Waals surface area (Å²) in [7, 11) is 1.45. The van der Waals surface area contributed by atoms with E-state index in [9.17, 15) is 10.1 Å². The Kier molecular flexibility index (Phi) is 2.50. The highest BCUT2D eigenvalue weighted by molar-refractivity contribution is 5.52. The number of nitrogens with zero attached hydrogens (tertiary/aromatic N) is 4. The van der Waals surface area contributed by atoms with E-state index < -0.39 is 4.92 Å². The maximum atomic E-state index is 10.6. The summed E-state index contributed by atoms with van der Waals surface area (Å²) in [6, 6.07) is 4.34. The molecule has 0 aliphatic heterocycles. The molecule has 0 bridgehead atoms. The van der Waals surface area contributed by atoms with Gasteiger partial charge in [-0.1, -0.05) is 0 Å². The number of non-ortho nitro benzene ring substituents is 1. The molecule has 1 heterocycles. The van der Waals surface area contributed by atoms with E-state index in [1.165, 1.54) is 31.9 Å². The van der Waals surface area contributed by atoms with Crippen LogP contribution in [-0.4, -0.2) is 26.8 Å². The zero-order chi connectivity index (χ0) is 11.5. The second kappa shape index (κ2) is 3.97. The van der Waals surface area contributed by atoms with Crippen LogP contribution in [0.5, 0.6) is 5.75 Å². The fourth-order valence-electron chi connectivity index (χ4n) is 1.32. The molecule has 2 rings (SSSR count). The Bertz CT molecular complexity index is 509. The van der Waals surface area contributed by atoms with E-state index >= 15 is 0 Å². The van der Waals surface area contributed by atoms with Gasteiger partial charge in [0.15, 0.2) is 0 Å². The topological polar surface area (TPSA) is 83.1 Å². The number of benzene rings is 1. The predicted octanol–water partition coefficient (Wildman–Crippen LogP) is 1.18. The molecule has 0 atom stereocenters. The average molecular weight is 220 g/mol. The van der Waals surface area contributed by atoms with Crippen LogP contribution in [0.25, 0.3) is 5.69 Å². The quantitative estimate of drug-likeness (QED) is 0.573. The molecule has 0 saturated carbocycles. The fourth-order valence-corrected chi connectivity index (χ4v) is 1.32. The van der Waals surface area contributed by atoms with Gasteiger partial charge in [0, 0.05) is 6.07 Å². The number of aromatic nitrogens is 3. The molecule has 2 aromatic rings. The van der Waals surface area contributed by atoms with Gasteiger partial charge in [-0.2, -0.15) is 0 Å². The van der Waals surface area contributed by atoms with Crippen molar-refractivity contribution in [3.05, 3.63) is 41.0 Å². The van der Waals surface area contributed by atoms with Crippen LogP contribution in [-0.2, 0) is 0 Å². The lowest BCUT2D eigenvalue weighted by Crippen LogP contribution is -1.97.